The minimum absolute atomic E-state index is 1.12. The molecule has 0 saturated carbocycles. The molecular weight excluding hydrogens is 343 g/mol. The highest BCUT2D eigenvalue weighted by atomic mass is 127. The Morgan fingerprint density at radius 1 is 0.789 bits per heavy atom. The van der Waals surface area contributed by atoms with Gasteiger partial charge in [0.15, 0.2) is 0 Å². The summed E-state index contributed by atoms with van der Waals surface area (Å²) in [5, 5.41) is 0. The number of fused-ring (bicyclic) bond motifs is 2. The Kier molecular flexibility index (Phi) is 3.83. The molecular formula is C18H15I. The minimum atomic E-state index is 1.12. The molecule has 2 aromatic rings. The Morgan fingerprint density at radius 3 is 2.32 bits per heavy atom. The van der Waals surface area contributed by atoms with E-state index in [4.69, 9.17) is 0 Å². The van der Waals surface area contributed by atoms with Crippen LogP contribution in [0.25, 0.3) is 9.66 Å². The standard InChI is InChI=1S/C9H7I.C9H8/c10-9-6-5-7-3-1-2-4-8(7)9;1-2-5-9-7-3-6-8(9)4-1/h1-4,6H,5H2;1-6H,7H2. The van der Waals surface area contributed by atoms with Gasteiger partial charge < -0.3 is 0 Å². The summed E-state index contributed by atoms with van der Waals surface area (Å²) in [5.74, 6) is 0. The predicted molar refractivity (Wildman–Crippen MR) is 91.3 cm³/mol. The van der Waals surface area contributed by atoms with Gasteiger partial charge in [-0.2, -0.15) is 0 Å². The van der Waals surface area contributed by atoms with E-state index in [1.165, 1.54) is 25.8 Å². The lowest BCUT2D eigenvalue weighted by Gasteiger charge is -1.96. The third-order valence-corrected chi connectivity index (χ3v) is 4.49. The molecule has 0 radical (unpaired) electrons. The van der Waals surface area contributed by atoms with Crippen LogP contribution < -0.4 is 0 Å². The fourth-order valence-electron chi connectivity index (χ4n) is 2.44. The Bertz CT molecular complexity index is 650. The Morgan fingerprint density at radius 2 is 1.53 bits per heavy atom. The first-order valence-corrected chi connectivity index (χ1v) is 7.61. The van der Waals surface area contributed by atoms with Gasteiger partial charge in [-0.15, -0.1) is 0 Å². The lowest BCUT2D eigenvalue weighted by Crippen LogP contribution is -1.78. The van der Waals surface area contributed by atoms with Crippen LogP contribution >= 0.6 is 22.6 Å². The molecule has 0 fully saturated rings. The van der Waals surface area contributed by atoms with Gasteiger partial charge >= 0.3 is 0 Å². The normalized spacial score (nSPS) is 14.3. The third kappa shape index (κ3) is 2.81. The minimum Gasteiger partial charge on any atom is -0.0795 e. The van der Waals surface area contributed by atoms with E-state index in [2.05, 4.69) is 89.3 Å². The van der Waals surface area contributed by atoms with Crippen LogP contribution in [0.1, 0.15) is 22.3 Å². The highest BCUT2D eigenvalue weighted by molar-refractivity contribution is 14.1. The smallest absolute Gasteiger partial charge is 0.0169 e. The molecule has 0 heterocycles. The van der Waals surface area contributed by atoms with Gasteiger partial charge in [0.2, 0.25) is 0 Å². The monoisotopic (exact) mass is 358 g/mol. The molecule has 0 aromatic heterocycles. The van der Waals surface area contributed by atoms with Crippen molar-refractivity contribution in [2.45, 2.75) is 12.8 Å². The van der Waals surface area contributed by atoms with Gasteiger partial charge in [-0.3, -0.25) is 0 Å². The third-order valence-electron chi connectivity index (χ3n) is 3.47. The van der Waals surface area contributed by atoms with Crippen LogP contribution in [0.4, 0.5) is 0 Å². The molecule has 2 aliphatic rings. The number of hydrogen-bond donors (Lipinski definition) is 0. The number of halogens is 1. The molecule has 0 amide bonds. The maximum atomic E-state index is 2.38. The van der Waals surface area contributed by atoms with Crippen LogP contribution in [0.5, 0.6) is 0 Å². The zero-order valence-electron chi connectivity index (χ0n) is 10.6. The summed E-state index contributed by atoms with van der Waals surface area (Å²) in [6, 6.07) is 17.1. The summed E-state index contributed by atoms with van der Waals surface area (Å²) >= 11 is 2.38. The van der Waals surface area contributed by atoms with Crippen molar-refractivity contribution in [1.82, 2.24) is 0 Å². The van der Waals surface area contributed by atoms with Crippen molar-refractivity contribution in [1.29, 1.82) is 0 Å². The fourth-order valence-corrected chi connectivity index (χ4v) is 3.18. The molecule has 0 nitrogen and oxygen atoms in total. The van der Waals surface area contributed by atoms with E-state index in [1.54, 1.807) is 0 Å². The zero-order chi connectivity index (χ0) is 13.1. The zero-order valence-corrected chi connectivity index (χ0v) is 12.8. The highest BCUT2D eigenvalue weighted by Crippen LogP contribution is 2.31. The van der Waals surface area contributed by atoms with E-state index in [1.807, 2.05) is 0 Å². The van der Waals surface area contributed by atoms with Crippen LogP contribution in [-0.2, 0) is 12.8 Å². The molecule has 2 aromatic carbocycles. The van der Waals surface area contributed by atoms with Gasteiger partial charge in [0.25, 0.3) is 0 Å². The first kappa shape index (κ1) is 12.7. The van der Waals surface area contributed by atoms with Crippen LogP contribution in [0.15, 0.2) is 60.7 Å². The average Bonchev–Trinajstić information content (AvgIpc) is 3.07. The van der Waals surface area contributed by atoms with Gasteiger partial charge in [0, 0.05) is 3.58 Å². The summed E-state index contributed by atoms with van der Waals surface area (Å²) in [6.45, 7) is 0. The van der Waals surface area contributed by atoms with Crippen LogP contribution in [0.2, 0.25) is 0 Å². The van der Waals surface area contributed by atoms with Crippen LogP contribution in [0.3, 0.4) is 0 Å². The summed E-state index contributed by atoms with van der Waals surface area (Å²) in [6.07, 6.45) is 8.88. The van der Waals surface area contributed by atoms with Crippen molar-refractivity contribution >= 4 is 32.2 Å². The molecule has 2 aliphatic carbocycles. The van der Waals surface area contributed by atoms with Crippen molar-refractivity contribution in [3.63, 3.8) is 0 Å². The van der Waals surface area contributed by atoms with Crippen molar-refractivity contribution in [3.05, 3.63) is 82.9 Å². The summed E-state index contributed by atoms with van der Waals surface area (Å²) in [5.41, 5.74) is 5.73. The van der Waals surface area contributed by atoms with Gasteiger partial charge in [0.1, 0.15) is 0 Å². The number of hydrogen-bond acceptors (Lipinski definition) is 0. The summed E-state index contributed by atoms with van der Waals surface area (Å²) in [7, 11) is 0. The predicted octanol–water partition coefficient (Wildman–Crippen LogP) is 5.27. The maximum Gasteiger partial charge on any atom is 0.0169 e. The Labute approximate surface area is 128 Å². The molecule has 4 rings (SSSR count). The lowest BCUT2D eigenvalue weighted by molar-refractivity contribution is 1.31. The second kappa shape index (κ2) is 5.74. The van der Waals surface area contributed by atoms with Crippen molar-refractivity contribution < 1.29 is 0 Å². The largest absolute Gasteiger partial charge is 0.0795 e. The first-order chi connectivity index (χ1) is 9.34. The molecule has 0 atom stereocenters. The Hall–Kier alpha value is -1.35. The van der Waals surface area contributed by atoms with E-state index in [0.717, 1.165) is 12.8 Å². The second-order valence-corrected chi connectivity index (χ2v) is 5.88. The Balaban J connectivity index is 0.000000117. The topological polar surface area (TPSA) is 0 Å². The maximum absolute atomic E-state index is 2.38. The molecule has 0 bridgehead atoms. The molecule has 1 heteroatoms. The molecule has 0 aliphatic heterocycles. The van der Waals surface area contributed by atoms with Gasteiger partial charge in [0.05, 0.1) is 0 Å². The van der Waals surface area contributed by atoms with Crippen molar-refractivity contribution in [2.24, 2.45) is 0 Å². The quantitative estimate of drug-likeness (QED) is 0.563. The van der Waals surface area contributed by atoms with E-state index in [9.17, 15) is 0 Å². The number of rotatable bonds is 0. The van der Waals surface area contributed by atoms with Gasteiger partial charge in [-0.25, -0.2) is 0 Å². The molecule has 0 spiro atoms. The van der Waals surface area contributed by atoms with Crippen molar-refractivity contribution in [2.75, 3.05) is 0 Å². The summed E-state index contributed by atoms with van der Waals surface area (Å²) in [4.78, 5) is 0. The van der Waals surface area contributed by atoms with Crippen LogP contribution in [-0.4, -0.2) is 0 Å². The average molecular weight is 358 g/mol. The molecule has 19 heavy (non-hydrogen) atoms. The van der Waals surface area contributed by atoms with Crippen LogP contribution in [0, 0.1) is 0 Å². The molecule has 94 valence electrons. The molecule has 0 N–H and O–H groups in total. The molecule has 0 saturated heterocycles. The van der Waals surface area contributed by atoms with E-state index >= 15 is 0 Å². The fraction of sp³-hybridized carbons (Fsp3) is 0.111. The van der Waals surface area contributed by atoms with E-state index in [-0.39, 0.29) is 0 Å². The van der Waals surface area contributed by atoms with E-state index < -0.39 is 0 Å². The SMILES string of the molecule is C1=Cc2ccccc2C1.IC1=CCc2ccccc21. The van der Waals surface area contributed by atoms with Crippen molar-refractivity contribution in [3.8, 4) is 0 Å². The van der Waals surface area contributed by atoms with E-state index in [0.29, 0.717) is 0 Å². The van der Waals surface area contributed by atoms with Gasteiger partial charge in [-0.1, -0.05) is 66.8 Å². The number of allylic oxidation sites excluding steroid dienone is 2. The summed E-state index contributed by atoms with van der Waals surface area (Å²) < 4.78 is 1.40. The molecule has 0 unspecified atom stereocenters. The number of benzene rings is 2. The lowest BCUT2D eigenvalue weighted by atomic mass is 10.1. The highest BCUT2D eigenvalue weighted by Gasteiger charge is 2.08. The first-order valence-electron chi connectivity index (χ1n) is 6.53. The second-order valence-electron chi connectivity index (χ2n) is 4.72. The van der Waals surface area contributed by atoms with Gasteiger partial charge in [-0.05, 0) is 57.7 Å².